The number of carboxylic acid groups (broad SMARTS) is 1. The Morgan fingerprint density at radius 2 is 1.58 bits per heavy atom. The molecule has 0 saturated heterocycles. The second-order valence-corrected chi connectivity index (χ2v) is 5.09. The van der Waals surface area contributed by atoms with Crippen molar-refractivity contribution in [2.75, 3.05) is 6.61 Å². The zero-order valence-corrected chi connectivity index (χ0v) is 12.9. The van der Waals surface area contributed by atoms with Crippen molar-refractivity contribution >= 4 is 17.7 Å². The van der Waals surface area contributed by atoms with Gasteiger partial charge in [-0.25, -0.2) is 9.59 Å². The molecule has 132 valence electrons. The highest BCUT2D eigenvalue weighted by atomic mass is 19.4. The minimum atomic E-state index is -5.08. The number of halogens is 3. The zero-order chi connectivity index (χ0) is 18.3. The fourth-order valence-corrected chi connectivity index (χ4v) is 1.89. The third kappa shape index (κ3) is 5.68. The number of ether oxygens (including phenoxy) is 1. The van der Waals surface area contributed by atoms with Crippen molar-refractivity contribution in [2.45, 2.75) is 32.4 Å². The Morgan fingerprint density at radius 1 is 1.12 bits per heavy atom. The molecule has 1 aliphatic rings. The van der Waals surface area contributed by atoms with E-state index in [1.54, 1.807) is 31.2 Å². The second-order valence-electron chi connectivity index (χ2n) is 5.09. The number of carbonyl (C=O) groups excluding carboxylic acids is 2. The molecule has 1 aromatic carbocycles. The average molecular weight is 346 g/mol. The van der Waals surface area contributed by atoms with Gasteiger partial charge in [0, 0.05) is 11.5 Å². The molecule has 8 heteroatoms. The van der Waals surface area contributed by atoms with Crippen molar-refractivity contribution in [3.63, 3.8) is 0 Å². The van der Waals surface area contributed by atoms with Crippen molar-refractivity contribution < 1.29 is 37.4 Å². The molecule has 0 atom stereocenters. The van der Waals surface area contributed by atoms with Crippen LogP contribution >= 0.6 is 0 Å². The molecule has 0 radical (unpaired) electrons. The summed E-state index contributed by atoms with van der Waals surface area (Å²) in [4.78, 5) is 32.2. The highest BCUT2D eigenvalue weighted by molar-refractivity contribution is 5.99. The van der Waals surface area contributed by atoms with Crippen molar-refractivity contribution in [2.24, 2.45) is 5.92 Å². The van der Waals surface area contributed by atoms with E-state index in [-0.39, 0.29) is 17.7 Å². The van der Waals surface area contributed by atoms with E-state index < -0.39 is 12.1 Å². The maximum absolute atomic E-state index is 11.9. The van der Waals surface area contributed by atoms with Gasteiger partial charge in [0.15, 0.2) is 5.78 Å². The van der Waals surface area contributed by atoms with Gasteiger partial charge in [-0.05, 0) is 31.9 Å². The van der Waals surface area contributed by atoms with Crippen LogP contribution in [0.15, 0.2) is 24.3 Å². The summed E-state index contributed by atoms with van der Waals surface area (Å²) in [6.45, 7) is 2.13. The molecular formula is C16H17F3O5. The third-order valence-electron chi connectivity index (χ3n) is 3.40. The Balaban J connectivity index is 0.000000351. The summed E-state index contributed by atoms with van der Waals surface area (Å²) in [5.41, 5.74) is 1.19. The summed E-state index contributed by atoms with van der Waals surface area (Å²) < 4.78 is 36.6. The Hall–Kier alpha value is -2.38. The van der Waals surface area contributed by atoms with Gasteiger partial charge in [0.2, 0.25) is 0 Å². The molecule has 1 saturated carbocycles. The molecule has 1 aromatic rings. The predicted octanol–water partition coefficient (Wildman–Crippen LogP) is 3.48. The first kappa shape index (κ1) is 19.7. The highest BCUT2D eigenvalue weighted by Crippen LogP contribution is 2.29. The number of aliphatic carboxylic acids is 1. The minimum absolute atomic E-state index is 0.198. The van der Waals surface area contributed by atoms with E-state index in [0.717, 1.165) is 19.3 Å². The van der Waals surface area contributed by atoms with E-state index in [0.29, 0.717) is 17.7 Å². The van der Waals surface area contributed by atoms with Crippen molar-refractivity contribution in [1.29, 1.82) is 0 Å². The van der Waals surface area contributed by atoms with Crippen molar-refractivity contribution in [3.8, 4) is 0 Å². The van der Waals surface area contributed by atoms with Crippen LogP contribution in [0, 0.1) is 5.92 Å². The summed E-state index contributed by atoms with van der Waals surface area (Å²) in [6, 6.07) is 6.74. The number of Topliss-reactive ketones (excluding diaryl/α,β-unsaturated/α-hetero) is 1. The van der Waals surface area contributed by atoms with E-state index in [4.69, 9.17) is 14.6 Å². The topological polar surface area (TPSA) is 80.7 Å². The number of benzene rings is 1. The first-order valence-electron chi connectivity index (χ1n) is 7.28. The van der Waals surface area contributed by atoms with E-state index in [9.17, 15) is 22.8 Å². The van der Waals surface area contributed by atoms with E-state index >= 15 is 0 Å². The zero-order valence-electron chi connectivity index (χ0n) is 12.9. The van der Waals surface area contributed by atoms with Gasteiger partial charge < -0.3 is 9.84 Å². The number of carboxylic acids is 1. The molecule has 1 aliphatic carbocycles. The summed E-state index contributed by atoms with van der Waals surface area (Å²) in [5, 5.41) is 7.12. The summed E-state index contributed by atoms with van der Waals surface area (Å²) in [7, 11) is 0. The fraction of sp³-hybridized carbons (Fsp3) is 0.438. The van der Waals surface area contributed by atoms with E-state index in [2.05, 4.69) is 0 Å². The number of ketones is 1. The van der Waals surface area contributed by atoms with Crippen LogP contribution in [-0.2, 0) is 9.53 Å². The normalized spacial score (nSPS) is 14.0. The van der Waals surface area contributed by atoms with Crippen LogP contribution in [0.4, 0.5) is 13.2 Å². The first-order chi connectivity index (χ1) is 11.2. The lowest BCUT2D eigenvalue weighted by molar-refractivity contribution is -0.192. The number of carbonyl (C=O) groups is 3. The third-order valence-corrected chi connectivity index (χ3v) is 3.40. The van der Waals surface area contributed by atoms with Crippen molar-refractivity contribution in [1.82, 2.24) is 0 Å². The summed E-state index contributed by atoms with van der Waals surface area (Å²) in [6.07, 6.45) is -1.94. The lowest BCUT2D eigenvalue weighted by Crippen LogP contribution is -2.21. The molecule has 0 spiro atoms. The molecule has 0 unspecified atom stereocenters. The predicted molar refractivity (Wildman–Crippen MR) is 77.8 cm³/mol. The Kier molecular flexibility index (Phi) is 6.94. The highest BCUT2D eigenvalue weighted by Gasteiger charge is 2.38. The average Bonchev–Trinajstić information content (AvgIpc) is 2.45. The van der Waals surface area contributed by atoms with Gasteiger partial charge in [0.1, 0.15) is 0 Å². The van der Waals surface area contributed by atoms with Crippen molar-refractivity contribution in [3.05, 3.63) is 35.4 Å². The van der Waals surface area contributed by atoms with E-state index in [1.165, 1.54) is 0 Å². The summed E-state index contributed by atoms with van der Waals surface area (Å²) in [5.74, 6) is -2.70. The number of hydrogen-bond donors (Lipinski definition) is 1. The smallest absolute Gasteiger partial charge is 0.475 e. The minimum Gasteiger partial charge on any atom is -0.475 e. The number of rotatable bonds is 4. The molecule has 0 heterocycles. The maximum atomic E-state index is 11.9. The van der Waals surface area contributed by atoms with Crippen LogP contribution < -0.4 is 0 Å². The van der Waals surface area contributed by atoms with Gasteiger partial charge >= 0.3 is 18.1 Å². The number of hydrogen-bond acceptors (Lipinski definition) is 4. The SMILES string of the molecule is CCOC(=O)c1ccc(C(=O)C2CCC2)cc1.O=C(O)C(F)(F)F. The molecule has 24 heavy (non-hydrogen) atoms. The second kappa shape index (κ2) is 8.47. The molecule has 0 aliphatic heterocycles. The van der Waals surface area contributed by atoms with Gasteiger partial charge in [-0.2, -0.15) is 13.2 Å². The van der Waals surface area contributed by atoms with Crippen LogP contribution in [0.3, 0.4) is 0 Å². The molecule has 1 fully saturated rings. The van der Waals surface area contributed by atoms with Crippen LogP contribution in [0.5, 0.6) is 0 Å². The Bertz CT molecular complexity index is 589. The lowest BCUT2D eigenvalue weighted by atomic mass is 9.80. The molecule has 1 N–H and O–H groups in total. The van der Waals surface area contributed by atoms with Crippen LogP contribution in [-0.4, -0.2) is 35.6 Å². The van der Waals surface area contributed by atoms with Gasteiger partial charge in [0.25, 0.3) is 0 Å². The molecule has 5 nitrogen and oxygen atoms in total. The van der Waals surface area contributed by atoms with Gasteiger partial charge in [-0.15, -0.1) is 0 Å². The standard InChI is InChI=1S/C14H16O3.C2HF3O2/c1-2-17-14(16)12-8-6-11(7-9-12)13(15)10-4-3-5-10;3-2(4,5)1(6)7/h6-10H,2-5H2,1H3;(H,6,7). The molecule has 2 rings (SSSR count). The van der Waals surface area contributed by atoms with Gasteiger partial charge in [-0.1, -0.05) is 18.6 Å². The fourth-order valence-electron chi connectivity index (χ4n) is 1.89. The number of esters is 1. The van der Waals surface area contributed by atoms with E-state index in [1.807, 2.05) is 0 Å². The quantitative estimate of drug-likeness (QED) is 0.667. The van der Waals surface area contributed by atoms with Crippen LogP contribution in [0.1, 0.15) is 46.9 Å². The summed E-state index contributed by atoms with van der Waals surface area (Å²) >= 11 is 0. The Labute approximate surface area is 136 Å². The molecular weight excluding hydrogens is 329 g/mol. The van der Waals surface area contributed by atoms with Gasteiger partial charge in [-0.3, -0.25) is 4.79 Å². The monoisotopic (exact) mass is 346 g/mol. The van der Waals surface area contributed by atoms with Crippen LogP contribution in [0.2, 0.25) is 0 Å². The Morgan fingerprint density at radius 3 is 1.92 bits per heavy atom. The largest absolute Gasteiger partial charge is 0.490 e. The van der Waals surface area contributed by atoms with Gasteiger partial charge in [0.05, 0.1) is 12.2 Å². The first-order valence-corrected chi connectivity index (χ1v) is 7.28. The molecule has 0 bridgehead atoms. The molecule has 0 amide bonds. The maximum Gasteiger partial charge on any atom is 0.490 e. The van der Waals surface area contributed by atoms with Crippen LogP contribution in [0.25, 0.3) is 0 Å². The lowest BCUT2D eigenvalue weighted by Gasteiger charge is -2.23. The molecule has 0 aromatic heterocycles. The number of alkyl halides is 3.